The van der Waals surface area contributed by atoms with Gasteiger partial charge in [-0.05, 0) is 46.6 Å². The van der Waals surface area contributed by atoms with Crippen molar-refractivity contribution in [1.82, 2.24) is 10.3 Å². The molecule has 0 radical (unpaired) electrons. The van der Waals surface area contributed by atoms with E-state index in [-0.39, 0.29) is 5.82 Å². The number of hydrogen-bond donors (Lipinski definition) is 1. The van der Waals surface area contributed by atoms with Gasteiger partial charge in [-0.1, -0.05) is 6.07 Å². The number of benzene rings is 2. The third-order valence-corrected chi connectivity index (χ3v) is 3.66. The summed E-state index contributed by atoms with van der Waals surface area (Å²) >= 11 is 0. The summed E-state index contributed by atoms with van der Waals surface area (Å²) in [7, 11) is 0. The second-order valence-corrected chi connectivity index (χ2v) is 4.81. The summed E-state index contributed by atoms with van der Waals surface area (Å²) < 4.78 is 18.3. The van der Waals surface area contributed by atoms with Gasteiger partial charge in [-0.2, -0.15) is 0 Å². The maximum atomic E-state index is 13.5. The van der Waals surface area contributed by atoms with Crippen molar-refractivity contribution in [3.8, 4) is 0 Å². The van der Waals surface area contributed by atoms with Gasteiger partial charge in [0.25, 0.3) is 0 Å². The maximum Gasteiger partial charge on any atom is 0.160 e. The normalized spacial score (nSPS) is 13.9. The van der Waals surface area contributed by atoms with Crippen molar-refractivity contribution in [2.75, 3.05) is 17.2 Å². The largest absolute Gasteiger partial charge is 0.397 e. The van der Waals surface area contributed by atoms with Crippen LogP contribution in [0.25, 0.3) is 11.0 Å². The van der Waals surface area contributed by atoms with Crippen molar-refractivity contribution in [3.05, 3.63) is 41.7 Å². The van der Waals surface area contributed by atoms with Crippen molar-refractivity contribution in [3.63, 3.8) is 0 Å². The molecule has 2 aromatic carbocycles. The monoisotopic (exact) mass is 270 g/mol. The standard InChI is InChI=1S/C14H11FN4O/c15-9-2-1-8-5-6-19(12(8)7-9)11-4-3-10(16)13-14(11)18-20-17-13/h1-4,7H,5-6,16H2. The Hall–Kier alpha value is -2.63. The summed E-state index contributed by atoms with van der Waals surface area (Å²) in [5.41, 5.74) is 10.3. The minimum absolute atomic E-state index is 0.249. The van der Waals surface area contributed by atoms with Gasteiger partial charge in [-0.3, -0.25) is 0 Å². The molecule has 4 rings (SSSR count). The summed E-state index contributed by atoms with van der Waals surface area (Å²) in [6.07, 6.45) is 0.868. The van der Waals surface area contributed by atoms with Crippen LogP contribution in [0.15, 0.2) is 35.0 Å². The Bertz CT molecular complexity index is 814. The number of nitrogen functional groups attached to an aromatic ring is 1. The van der Waals surface area contributed by atoms with Crippen molar-refractivity contribution < 1.29 is 9.02 Å². The molecule has 0 fully saturated rings. The van der Waals surface area contributed by atoms with Crippen molar-refractivity contribution >= 4 is 28.1 Å². The summed E-state index contributed by atoms with van der Waals surface area (Å²) in [6, 6.07) is 8.47. The minimum atomic E-state index is -0.249. The SMILES string of the molecule is Nc1ccc(N2CCc3ccc(F)cc32)c2nonc12. The quantitative estimate of drug-likeness (QED) is 0.688. The Morgan fingerprint density at radius 2 is 1.95 bits per heavy atom. The number of fused-ring (bicyclic) bond motifs is 2. The molecule has 0 aliphatic carbocycles. The van der Waals surface area contributed by atoms with Gasteiger partial charge >= 0.3 is 0 Å². The van der Waals surface area contributed by atoms with E-state index in [2.05, 4.69) is 10.3 Å². The molecular formula is C14H11FN4O. The van der Waals surface area contributed by atoms with Crippen molar-refractivity contribution in [2.45, 2.75) is 6.42 Å². The summed E-state index contributed by atoms with van der Waals surface area (Å²) in [5.74, 6) is -0.249. The van der Waals surface area contributed by atoms with Crippen LogP contribution in [0.3, 0.4) is 0 Å². The second-order valence-electron chi connectivity index (χ2n) is 4.81. The van der Waals surface area contributed by atoms with Gasteiger partial charge in [0, 0.05) is 12.2 Å². The third kappa shape index (κ3) is 1.48. The molecular weight excluding hydrogens is 259 g/mol. The number of rotatable bonds is 1. The highest BCUT2D eigenvalue weighted by molar-refractivity contribution is 5.97. The van der Waals surface area contributed by atoms with E-state index in [1.54, 1.807) is 6.07 Å². The molecule has 20 heavy (non-hydrogen) atoms. The first kappa shape index (κ1) is 11.2. The Kier molecular flexibility index (Phi) is 2.20. The van der Waals surface area contributed by atoms with Crippen molar-refractivity contribution in [1.29, 1.82) is 0 Å². The Morgan fingerprint density at radius 1 is 1.10 bits per heavy atom. The van der Waals surface area contributed by atoms with Crippen molar-refractivity contribution in [2.24, 2.45) is 0 Å². The van der Waals surface area contributed by atoms with Gasteiger partial charge < -0.3 is 10.6 Å². The van der Waals surface area contributed by atoms with Crippen LogP contribution in [0.2, 0.25) is 0 Å². The molecule has 0 amide bonds. The first-order chi connectivity index (χ1) is 9.74. The highest BCUT2D eigenvalue weighted by atomic mass is 19.1. The third-order valence-electron chi connectivity index (χ3n) is 3.66. The molecule has 0 atom stereocenters. The Labute approximate surface area is 113 Å². The lowest BCUT2D eigenvalue weighted by molar-refractivity contribution is 0.315. The van der Waals surface area contributed by atoms with Crippen LogP contribution >= 0.6 is 0 Å². The van der Waals surface area contributed by atoms with Crippen LogP contribution in [0, 0.1) is 5.82 Å². The fraction of sp³-hybridized carbons (Fsp3) is 0.143. The zero-order chi connectivity index (χ0) is 13.7. The molecule has 5 nitrogen and oxygen atoms in total. The lowest BCUT2D eigenvalue weighted by atomic mass is 10.1. The van der Waals surface area contributed by atoms with E-state index in [9.17, 15) is 4.39 Å². The molecule has 3 aromatic rings. The van der Waals surface area contributed by atoms with E-state index in [0.29, 0.717) is 16.7 Å². The van der Waals surface area contributed by atoms with Gasteiger partial charge in [0.1, 0.15) is 5.82 Å². The number of hydrogen-bond acceptors (Lipinski definition) is 5. The summed E-state index contributed by atoms with van der Waals surface area (Å²) in [5, 5.41) is 7.73. The van der Waals surface area contributed by atoms with Crippen LogP contribution in [0.5, 0.6) is 0 Å². The first-order valence-corrected chi connectivity index (χ1v) is 6.31. The lowest BCUT2D eigenvalue weighted by Gasteiger charge is -2.19. The number of nitrogens with two attached hydrogens (primary N) is 1. The Morgan fingerprint density at radius 3 is 2.85 bits per heavy atom. The highest BCUT2D eigenvalue weighted by Crippen LogP contribution is 2.38. The number of anilines is 3. The molecule has 0 bridgehead atoms. The Balaban J connectivity index is 1.92. The first-order valence-electron chi connectivity index (χ1n) is 6.31. The predicted molar refractivity (Wildman–Crippen MR) is 73.3 cm³/mol. The molecule has 100 valence electrons. The van der Waals surface area contributed by atoms with E-state index in [0.717, 1.165) is 29.9 Å². The molecule has 0 saturated carbocycles. The summed E-state index contributed by atoms with van der Waals surface area (Å²) in [4.78, 5) is 2.02. The van der Waals surface area contributed by atoms with Gasteiger partial charge in [-0.15, -0.1) is 0 Å². The molecule has 2 heterocycles. The molecule has 2 N–H and O–H groups in total. The molecule has 1 aromatic heterocycles. The van der Waals surface area contributed by atoms with Crippen LogP contribution in [0.1, 0.15) is 5.56 Å². The topological polar surface area (TPSA) is 68.2 Å². The zero-order valence-electron chi connectivity index (χ0n) is 10.5. The number of halogens is 1. The summed E-state index contributed by atoms with van der Waals surface area (Å²) in [6.45, 7) is 0.769. The van der Waals surface area contributed by atoms with Crippen LogP contribution in [-0.4, -0.2) is 16.9 Å². The molecule has 0 spiro atoms. The van der Waals surface area contributed by atoms with E-state index < -0.39 is 0 Å². The van der Waals surface area contributed by atoms with Gasteiger partial charge in [0.05, 0.1) is 11.4 Å². The molecule has 1 aliphatic rings. The smallest absolute Gasteiger partial charge is 0.160 e. The van der Waals surface area contributed by atoms with Gasteiger partial charge in [-0.25, -0.2) is 9.02 Å². The molecule has 1 aliphatic heterocycles. The molecule has 6 heteroatoms. The average molecular weight is 270 g/mol. The van der Waals surface area contributed by atoms with E-state index in [1.807, 2.05) is 17.0 Å². The average Bonchev–Trinajstić information content (AvgIpc) is 3.06. The highest BCUT2D eigenvalue weighted by Gasteiger charge is 2.24. The van der Waals surface area contributed by atoms with E-state index in [1.165, 1.54) is 12.1 Å². The van der Waals surface area contributed by atoms with E-state index in [4.69, 9.17) is 10.4 Å². The number of aromatic nitrogens is 2. The fourth-order valence-electron chi connectivity index (χ4n) is 2.69. The van der Waals surface area contributed by atoms with E-state index >= 15 is 0 Å². The minimum Gasteiger partial charge on any atom is -0.397 e. The molecule has 0 unspecified atom stereocenters. The van der Waals surface area contributed by atoms with Crippen LogP contribution in [-0.2, 0) is 6.42 Å². The van der Waals surface area contributed by atoms with Gasteiger partial charge in [0.2, 0.25) is 0 Å². The zero-order valence-corrected chi connectivity index (χ0v) is 10.5. The van der Waals surface area contributed by atoms with Crippen LogP contribution < -0.4 is 10.6 Å². The van der Waals surface area contributed by atoms with Gasteiger partial charge in [0.15, 0.2) is 11.0 Å². The second kappa shape index (κ2) is 3.93. The van der Waals surface area contributed by atoms with Crippen LogP contribution in [0.4, 0.5) is 21.5 Å². The predicted octanol–water partition coefficient (Wildman–Crippen LogP) is 2.64. The lowest BCUT2D eigenvalue weighted by Crippen LogP contribution is -2.14. The number of nitrogens with zero attached hydrogens (tertiary/aromatic N) is 3. The molecule has 0 saturated heterocycles. The fourth-order valence-corrected chi connectivity index (χ4v) is 2.69. The maximum absolute atomic E-state index is 13.5.